The number of aryl methyl sites for hydroxylation is 1. The maximum atomic E-state index is 12.3. The van der Waals surface area contributed by atoms with Crippen LogP contribution in [0, 0.1) is 6.92 Å². The van der Waals surface area contributed by atoms with Crippen LogP contribution in [0.4, 0.5) is 31.0 Å². The third-order valence-corrected chi connectivity index (χ3v) is 4.19. The van der Waals surface area contributed by atoms with Gasteiger partial charge >= 0.3 is 12.6 Å². The van der Waals surface area contributed by atoms with Crippen LogP contribution < -0.4 is 25.6 Å². The molecule has 1 aromatic carbocycles. The molecule has 30 heavy (non-hydrogen) atoms. The fourth-order valence-corrected chi connectivity index (χ4v) is 2.86. The van der Waals surface area contributed by atoms with E-state index >= 15 is 0 Å². The minimum atomic E-state index is -2.92. The zero-order chi connectivity index (χ0) is 21.3. The van der Waals surface area contributed by atoms with Crippen molar-refractivity contribution < 1.29 is 23.0 Å². The van der Waals surface area contributed by atoms with Crippen LogP contribution in [0.15, 0.2) is 30.3 Å². The lowest BCUT2D eigenvalue weighted by Gasteiger charge is -2.28. The molecule has 11 heteroatoms. The summed E-state index contributed by atoms with van der Waals surface area (Å²) in [5.41, 5.74) is 1.18. The molecule has 2 heterocycles. The summed E-state index contributed by atoms with van der Waals surface area (Å²) >= 11 is 0. The highest BCUT2D eigenvalue weighted by molar-refractivity contribution is 5.89. The monoisotopic (exact) mass is 422 g/mol. The summed E-state index contributed by atoms with van der Waals surface area (Å²) in [4.78, 5) is 23.0. The third kappa shape index (κ3) is 6.69. The van der Waals surface area contributed by atoms with E-state index in [0.717, 1.165) is 24.6 Å². The quantitative estimate of drug-likeness (QED) is 0.562. The number of alkyl halides is 2. The second kappa shape index (κ2) is 10.5. The first kappa shape index (κ1) is 21.5. The number of carbonyl (C=O) groups is 1. The van der Waals surface area contributed by atoms with Gasteiger partial charge in [0.15, 0.2) is 0 Å². The SMILES string of the molecule is Cc1cc(N2CCOCC2)nc(NCCNC(=O)Nc2cccc(OC(F)F)c2)n1. The summed E-state index contributed by atoms with van der Waals surface area (Å²) in [6.07, 6.45) is 0. The average Bonchev–Trinajstić information content (AvgIpc) is 2.71. The Morgan fingerprint density at radius 1 is 1.23 bits per heavy atom. The minimum absolute atomic E-state index is 0.0304. The first-order valence-corrected chi connectivity index (χ1v) is 9.51. The van der Waals surface area contributed by atoms with Crippen molar-refractivity contribution in [3.8, 4) is 5.75 Å². The van der Waals surface area contributed by atoms with E-state index in [1.54, 1.807) is 6.07 Å². The third-order valence-electron chi connectivity index (χ3n) is 4.19. The molecule has 1 aliphatic rings. The second-order valence-electron chi connectivity index (χ2n) is 6.50. The van der Waals surface area contributed by atoms with E-state index in [-0.39, 0.29) is 5.75 Å². The summed E-state index contributed by atoms with van der Waals surface area (Å²) in [5.74, 6) is 1.29. The number of anilines is 3. The number of ether oxygens (including phenoxy) is 2. The summed E-state index contributed by atoms with van der Waals surface area (Å²) in [6, 6.07) is 7.24. The molecular formula is C19H24F2N6O3. The van der Waals surface area contributed by atoms with Gasteiger partial charge in [0, 0.05) is 49.7 Å². The number of rotatable bonds is 8. The first-order chi connectivity index (χ1) is 14.5. The van der Waals surface area contributed by atoms with Gasteiger partial charge in [-0.3, -0.25) is 0 Å². The lowest BCUT2D eigenvalue weighted by molar-refractivity contribution is -0.0498. The van der Waals surface area contributed by atoms with Gasteiger partial charge in [-0.1, -0.05) is 6.07 Å². The topological polar surface area (TPSA) is 101 Å². The van der Waals surface area contributed by atoms with E-state index in [1.807, 2.05) is 13.0 Å². The highest BCUT2D eigenvalue weighted by Gasteiger charge is 2.14. The molecule has 2 amide bonds. The van der Waals surface area contributed by atoms with Crippen LogP contribution in [0.1, 0.15) is 5.69 Å². The average molecular weight is 422 g/mol. The summed E-state index contributed by atoms with van der Waals surface area (Å²) in [6.45, 7) is 2.59. The Morgan fingerprint density at radius 2 is 2.03 bits per heavy atom. The number of morpholine rings is 1. The number of amides is 2. The number of carbonyl (C=O) groups excluding carboxylic acids is 1. The Kier molecular flexibility index (Phi) is 7.55. The molecule has 9 nitrogen and oxygen atoms in total. The van der Waals surface area contributed by atoms with Crippen LogP contribution in [0.2, 0.25) is 0 Å². The first-order valence-electron chi connectivity index (χ1n) is 9.51. The van der Waals surface area contributed by atoms with Crippen molar-refractivity contribution in [1.82, 2.24) is 15.3 Å². The predicted molar refractivity (Wildman–Crippen MR) is 108 cm³/mol. The summed E-state index contributed by atoms with van der Waals surface area (Å²) < 4.78 is 34.2. The molecule has 1 saturated heterocycles. The van der Waals surface area contributed by atoms with E-state index in [9.17, 15) is 13.6 Å². The Hall–Kier alpha value is -3.21. The lowest BCUT2D eigenvalue weighted by atomic mass is 10.3. The van der Waals surface area contributed by atoms with Gasteiger partial charge in [0.25, 0.3) is 0 Å². The predicted octanol–water partition coefficient (Wildman–Crippen LogP) is 2.46. The summed E-state index contributed by atoms with van der Waals surface area (Å²) in [7, 11) is 0. The molecule has 0 spiro atoms. The molecule has 0 bridgehead atoms. The van der Waals surface area contributed by atoms with Crippen molar-refractivity contribution in [1.29, 1.82) is 0 Å². The van der Waals surface area contributed by atoms with Gasteiger partial charge in [-0.05, 0) is 19.1 Å². The number of halogens is 2. The number of nitrogens with zero attached hydrogens (tertiary/aromatic N) is 3. The molecular weight excluding hydrogens is 398 g/mol. The fraction of sp³-hybridized carbons (Fsp3) is 0.421. The van der Waals surface area contributed by atoms with E-state index in [1.165, 1.54) is 18.2 Å². The number of urea groups is 1. The van der Waals surface area contributed by atoms with E-state index in [4.69, 9.17) is 4.74 Å². The number of hydrogen-bond acceptors (Lipinski definition) is 7. The van der Waals surface area contributed by atoms with Gasteiger partial charge in [0.05, 0.1) is 13.2 Å². The van der Waals surface area contributed by atoms with E-state index < -0.39 is 12.6 Å². The van der Waals surface area contributed by atoms with Crippen LogP contribution in [-0.4, -0.2) is 62.0 Å². The van der Waals surface area contributed by atoms with Crippen molar-refractivity contribution in [3.05, 3.63) is 36.0 Å². The molecule has 2 aromatic rings. The zero-order valence-corrected chi connectivity index (χ0v) is 16.5. The maximum absolute atomic E-state index is 12.3. The molecule has 162 valence electrons. The number of aromatic nitrogens is 2. The smallest absolute Gasteiger partial charge is 0.387 e. The van der Waals surface area contributed by atoms with Crippen LogP contribution in [-0.2, 0) is 4.74 Å². The van der Waals surface area contributed by atoms with Crippen molar-refractivity contribution in [3.63, 3.8) is 0 Å². The summed E-state index contributed by atoms with van der Waals surface area (Å²) in [5, 5.41) is 8.32. The van der Waals surface area contributed by atoms with Gasteiger partial charge in [-0.2, -0.15) is 13.8 Å². The molecule has 1 aromatic heterocycles. The highest BCUT2D eigenvalue weighted by Crippen LogP contribution is 2.19. The molecule has 3 N–H and O–H groups in total. The van der Waals surface area contributed by atoms with Gasteiger partial charge in [-0.25, -0.2) is 9.78 Å². The van der Waals surface area contributed by atoms with Gasteiger partial charge in [-0.15, -0.1) is 0 Å². The number of nitrogens with one attached hydrogen (secondary N) is 3. The largest absolute Gasteiger partial charge is 0.435 e. The maximum Gasteiger partial charge on any atom is 0.387 e. The molecule has 0 saturated carbocycles. The van der Waals surface area contributed by atoms with Crippen LogP contribution in [0.25, 0.3) is 0 Å². The van der Waals surface area contributed by atoms with Crippen LogP contribution in [0.5, 0.6) is 5.75 Å². The van der Waals surface area contributed by atoms with Crippen molar-refractivity contribution >= 4 is 23.5 Å². The van der Waals surface area contributed by atoms with Crippen LogP contribution >= 0.6 is 0 Å². The molecule has 0 unspecified atom stereocenters. The molecule has 0 atom stereocenters. The van der Waals surface area contributed by atoms with Crippen molar-refractivity contribution in [2.45, 2.75) is 13.5 Å². The Labute approximate surface area is 172 Å². The lowest BCUT2D eigenvalue weighted by Crippen LogP contribution is -2.37. The minimum Gasteiger partial charge on any atom is -0.435 e. The van der Waals surface area contributed by atoms with Crippen LogP contribution in [0.3, 0.4) is 0 Å². The van der Waals surface area contributed by atoms with Gasteiger partial charge in [0.2, 0.25) is 5.95 Å². The molecule has 0 radical (unpaired) electrons. The number of benzene rings is 1. The second-order valence-corrected chi connectivity index (χ2v) is 6.50. The number of hydrogen-bond donors (Lipinski definition) is 3. The molecule has 3 rings (SSSR count). The fourth-order valence-electron chi connectivity index (χ4n) is 2.86. The Balaban J connectivity index is 1.44. The Bertz CT molecular complexity index is 849. The normalized spacial score (nSPS) is 13.8. The highest BCUT2D eigenvalue weighted by atomic mass is 19.3. The van der Waals surface area contributed by atoms with E-state index in [2.05, 4.69) is 35.6 Å². The molecule has 1 aliphatic heterocycles. The van der Waals surface area contributed by atoms with Crippen molar-refractivity contribution in [2.24, 2.45) is 0 Å². The van der Waals surface area contributed by atoms with Crippen molar-refractivity contribution in [2.75, 3.05) is 54.9 Å². The molecule has 0 aliphatic carbocycles. The standard InChI is InChI=1S/C19H24F2N6O3/c1-13-11-16(27-7-9-29-10-8-27)26-18(24-13)22-5-6-23-19(28)25-14-3-2-4-15(12-14)30-17(20)21/h2-4,11-12,17H,5-10H2,1H3,(H,22,24,26)(H2,23,25,28). The van der Waals surface area contributed by atoms with Gasteiger partial charge < -0.3 is 30.3 Å². The van der Waals surface area contributed by atoms with Gasteiger partial charge in [0.1, 0.15) is 11.6 Å². The molecule has 1 fully saturated rings. The zero-order valence-electron chi connectivity index (χ0n) is 16.5. The van der Waals surface area contributed by atoms with E-state index in [0.29, 0.717) is 37.9 Å². The Morgan fingerprint density at radius 3 is 2.80 bits per heavy atom.